The quantitative estimate of drug-likeness (QED) is 0.647. The summed E-state index contributed by atoms with van der Waals surface area (Å²) in [5.74, 6) is -1.13. The van der Waals surface area contributed by atoms with Crippen molar-refractivity contribution in [3.8, 4) is 0 Å². The van der Waals surface area contributed by atoms with Gasteiger partial charge in [-0.2, -0.15) is 0 Å². The number of fused-ring (bicyclic) bond motifs is 1. The zero-order chi connectivity index (χ0) is 16.7. The fourth-order valence-corrected chi connectivity index (χ4v) is 3.27. The molecule has 0 aromatic carbocycles. The van der Waals surface area contributed by atoms with E-state index >= 15 is 0 Å². The van der Waals surface area contributed by atoms with Crippen molar-refractivity contribution < 1.29 is 19.0 Å². The first-order valence-corrected chi connectivity index (χ1v) is 7.92. The van der Waals surface area contributed by atoms with Gasteiger partial charge >= 0.3 is 0 Å². The van der Waals surface area contributed by atoms with Crippen LogP contribution in [0.25, 0.3) is 0 Å². The van der Waals surface area contributed by atoms with E-state index < -0.39 is 24.0 Å². The van der Waals surface area contributed by atoms with Crippen molar-refractivity contribution in [1.29, 1.82) is 0 Å². The van der Waals surface area contributed by atoms with Crippen molar-refractivity contribution in [2.24, 2.45) is 4.99 Å². The van der Waals surface area contributed by atoms with Gasteiger partial charge in [0.15, 0.2) is 12.1 Å². The first-order valence-electron chi connectivity index (χ1n) is 7.13. The van der Waals surface area contributed by atoms with Crippen LogP contribution in [-0.2, 0) is 0 Å². The van der Waals surface area contributed by atoms with Crippen LogP contribution in [0.1, 0.15) is 12.8 Å². The number of halogens is 3. The molecule has 0 amide bonds. The van der Waals surface area contributed by atoms with E-state index in [0.717, 1.165) is 0 Å². The van der Waals surface area contributed by atoms with Crippen molar-refractivity contribution in [2.45, 2.75) is 31.2 Å². The zero-order valence-corrected chi connectivity index (χ0v) is 13.9. The smallest absolute Gasteiger partial charge is 0.176 e. The summed E-state index contributed by atoms with van der Waals surface area (Å²) >= 11 is 3.19. The number of likely N-dealkylation sites (N-methyl/N-ethyl adjacent to an activating group) is 1. The largest absolute Gasteiger partial charge is 0.373 e. The molecule has 3 aliphatic rings. The molecule has 0 aromatic heterocycles. The Morgan fingerprint density at radius 1 is 1.43 bits per heavy atom. The number of hydrogen-bond acceptors (Lipinski definition) is 5. The average Bonchev–Trinajstić information content (AvgIpc) is 2.85. The Hall–Kier alpha value is -1.51. The van der Waals surface area contributed by atoms with Gasteiger partial charge in [0.2, 0.25) is 0 Å². The third-order valence-electron chi connectivity index (χ3n) is 4.15. The molecular formula is C15H16BrF2N3O2. The van der Waals surface area contributed by atoms with Gasteiger partial charge < -0.3 is 20.4 Å². The maximum Gasteiger partial charge on any atom is 0.176 e. The van der Waals surface area contributed by atoms with Gasteiger partial charge in [-0.25, -0.2) is 13.8 Å². The predicted molar refractivity (Wildman–Crippen MR) is 85.8 cm³/mol. The van der Waals surface area contributed by atoms with Gasteiger partial charge in [0.25, 0.3) is 0 Å². The summed E-state index contributed by atoms with van der Waals surface area (Å²) in [5, 5.41) is 21.9. The van der Waals surface area contributed by atoms with Crippen LogP contribution >= 0.6 is 15.9 Å². The second kappa shape index (κ2) is 6.18. The highest BCUT2D eigenvalue weighted by Gasteiger charge is 2.37. The predicted octanol–water partition coefficient (Wildman–Crippen LogP) is 1.97. The Balaban J connectivity index is 1.94. The van der Waals surface area contributed by atoms with Crippen molar-refractivity contribution in [2.75, 3.05) is 7.05 Å². The van der Waals surface area contributed by atoms with E-state index in [1.807, 2.05) is 0 Å². The molecule has 23 heavy (non-hydrogen) atoms. The maximum absolute atomic E-state index is 14.8. The monoisotopic (exact) mass is 387 g/mol. The first-order chi connectivity index (χ1) is 10.9. The molecule has 2 atom stereocenters. The van der Waals surface area contributed by atoms with E-state index in [1.165, 1.54) is 12.4 Å². The number of aliphatic hydroxyl groups excluding tert-OH is 1. The van der Waals surface area contributed by atoms with Crippen molar-refractivity contribution in [3.05, 3.63) is 45.3 Å². The lowest BCUT2D eigenvalue weighted by Crippen LogP contribution is -2.38. The summed E-state index contributed by atoms with van der Waals surface area (Å²) in [4.78, 5) is 5.73. The van der Waals surface area contributed by atoms with Crippen LogP contribution in [0.4, 0.5) is 8.78 Å². The fourth-order valence-electron chi connectivity index (χ4n) is 2.86. The Bertz CT molecular complexity index is 682. The van der Waals surface area contributed by atoms with Crippen molar-refractivity contribution >= 4 is 22.3 Å². The highest BCUT2D eigenvalue weighted by Crippen LogP contribution is 2.37. The Morgan fingerprint density at radius 3 is 2.83 bits per heavy atom. The third-order valence-corrected chi connectivity index (χ3v) is 4.71. The maximum atomic E-state index is 14.8. The SMILES string of the molecule is CN1C=NC2=C(F)C(NC3CC=C(Br)C=C3F)=C(C(O)O)CC21. The highest BCUT2D eigenvalue weighted by molar-refractivity contribution is 9.11. The summed E-state index contributed by atoms with van der Waals surface area (Å²) in [7, 11) is 1.74. The minimum Gasteiger partial charge on any atom is -0.373 e. The normalized spacial score (nSPS) is 27.5. The van der Waals surface area contributed by atoms with E-state index in [2.05, 4.69) is 26.2 Å². The van der Waals surface area contributed by atoms with Crippen LogP contribution < -0.4 is 5.32 Å². The van der Waals surface area contributed by atoms with Crippen molar-refractivity contribution in [1.82, 2.24) is 10.2 Å². The number of nitrogens with one attached hydrogen (secondary N) is 1. The molecule has 0 aromatic rings. The van der Waals surface area contributed by atoms with Crippen molar-refractivity contribution in [3.63, 3.8) is 0 Å². The van der Waals surface area contributed by atoms with Gasteiger partial charge in [0.1, 0.15) is 11.5 Å². The standard InChI is InChI=1S/C15H16BrF2N3O2/c1-21-6-19-14-11(21)5-8(15(22)23)13(12(14)18)20-10-3-2-7(16)4-9(10)17/h2,4,6,10-11,15,20,22-23H,3,5H2,1H3. The van der Waals surface area contributed by atoms with Crippen LogP contribution in [0.5, 0.6) is 0 Å². The summed E-state index contributed by atoms with van der Waals surface area (Å²) in [5.41, 5.74) is 0.227. The van der Waals surface area contributed by atoms with Crippen LogP contribution in [-0.4, -0.2) is 46.9 Å². The lowest BCUT2D eigenvalue weighted by atomic mass is 9.93. The molecule has 5 nitrogen and oxygen atoms in total. The number of allylic oxidation sites excluding steroid dienone is 3. The molecule has 1 heterocycles. The van der Waals surface area contributed by atoms with Gasteiger partial charge in [0, 0.05) is 23.5 Å². The number of aliphatic imine (C=N–C) groups is 1. The third kappa shape index (κ3) is 2.98. The molecule has 3 rings (SSSR count). The lowest BCUT2D eigenvalue weighted by Gasteiger charge is -2.31. The Labute approximate surface area is 140 Å². The zero-order valence-electron chi connectivity index (χ0n) is 12.3. The number of rotatable bonds is 3. The van der Waals surface area contributed by atoms with E-state index in [9.17, 15) is 19.0 Å². The molecule has 3 N–H and O–H groups in total. The minimum atomic E-state index is -1.82. The fraction of sp³-hybridized carbons (Fsp3) is 0.400. The summed E-state index contributed by atoms with van der Waals surface area (Å²) in [6.07, 6.45) is 3.25. The molecule has 0 saturated heterocycles. The molecule has 0 saturated carbocycles. The minimum absolute atomic E-state index is 0.0846. The van der Waals surface area contributed by atoms with E-state index in [4.69, 9.17) is 0 Å². The molecule has 0 fully saturated rings. The molecule has 1 aliphatic heterocycles. The molecule has 124 valence electrons. The first kappa shape index (κ1) is 16.4. The molecule has 0 spiro atoms. The van der Waals surface area contributed by atoms with Crippen LogP contribution in [0, 0.1) is 0 Å². The van der Waals surface area contributed by atoms with E-state index in [1.54, 1.807) is 18.0 Å². The highest BCUT2D eigenvalue weighted by atomic mass is 79.9. The summed E-state index contributed by atoms with van der Waals surface area (Å²) < 4.78 is 29.4. The van der Waals surface area contributed by atoms with Crippen LogP contribution in [0.2, 0.25) is 0 Å². The van der Waals surface area contributed by atoms with Gasteiger partial charge in [0.05, 0.1) is 24.1 Å². The number of aliphatic hydroxyl groups is 2. The topological polar surface area (TPSA) is 68.1 Å². The number of nitrogens with zero attached hydrogens (tertiary/aromatic N) is 2. The molecule has 2 unspecified atom stereocenters. The van der Waals surface area contributed by atoms with E-state index in [0.29, 0.717) is 10.9 Å². The molecule has 0 radical (unpaired) electrons. The Kier molecular flexibility index (Phi) is 4.39. The lowest BCUT2D eigenvalue weighted by molar-refractivity contribution is -0.0132. The summed E-state index contributed by atoms with van der Waals surface area (Å²) in [6.45, 7) is 0. The second-order valence-electron chi connectivity index (χ2n) is 5.65. The van der Waals surface area contributed by atoms with E-state index in [-0.39, 0.29) is 29.4 Å². The molecule has 0 bridgehead atoms. The van der Waals surface area contributed by atoms with Gasteiger partial charge in [-0.05, 0) is 12.5 Å². The number of hydrogen-bond donors (Lipinski definition) is 3. The molecule has 2 aliphatic carbocycles. The Morgan fingerprint density at radius 2 is 2.17 bits per heavy atom. The van der Waals surface area contributed by atoms with Crippen LogP contribution in [0.3, 0.4) is 0 Å². The second-order valence-corrected chi connectivity index (χ2v) is 6.57. The summed E-state index contributed by atoms with van der Waals surface area (Å²) in [6, 6.07) is -1.14. The van der Waals surface area contributed by atoms with Gasteiger partial charge in [-0.1, -0.05) is 22.0 Å². The van der Waals surface area contributed by atoms with Gasteiger partial charge in [-0.3, -0.25) is 0 Å². The molecule has 8 heteroatoms. The van der Waals surface area contributed by atoms with Gasteiger partial charge in [-0.15, -0.1) is 0 Å². The van der Waals surface area contributed by atoms with Crippen LogP contribution in [0.15, 0.2) is 50.2 Å². The molecular weight excluding hydrogens is 372 g/mol. The average molecular weight is 388 g/mol.